The Labute approximate surface area is 65.0 Å². The summed E-state index contributed by atoms with van der Waals surface area (Å²) >= 11 is 0. The van der Waals surface area contributed by atoms with Crippen molar-refractivity contribution in [3.8, 4) is 12.3 Å². The number of rotatable bonds is 1. The minimum Gasteiger partial charge on any atom is -0.326 e. The molecule has 0 unspecified atom stereocenters. The lowest BCUT2D eigenvalue weighted by Gasteiger charge is -1.98. The quantitative estimate of drug-likeness (QED) is 0.598. The van der Waals surface area contributed by atoms with E-state index >= 15 is 0 Å². The smallest absolute Gasteiger partial charge is 0.127 e. The van der Waals surface area contributed by atoms with Gasteiger partial charge in [-0.25, -0.2) is 4.39 Å². The van der Waals surface area contributed by atoms with E-state index < -0.39 is 0 Å². The SMILES string of the molecule is C#Cc1ccc(F)c(CN)c1. The van der Waals surface area contributed by atoms with Crippen molar-refractivity contribution in [3.63, 3.8) is 0 Å². The van der Waals surface area contributed by atoms with E-state index in [-0.39, 0.29) is 12.4 Å². The Morgan fingerprint density at radius 3 is 2.82 bits per heavy atom. The summed E-state index contributed by atoms with van der Waals surface area (Å²) in [5.41, 5.74) is 6.38. The molecule has 0 bridgehead atoms. The topological polar surface area (TPSA) is 26.0 Å². The molecule has 0 radical (unpaired) electrons. The normalized spacial score (nSPS) is 9.18. The number of terminal acetylenes is 1. The molecule has 2 heteroatoms. The van der Waals surface area contributed by atoms with Crippen LogP contribution in [0.15, 0.2) is 18.2 Å². The van der Waals surface area contributed by atoms with E-state index in [0.29, 0.717) is 11.1 Å². The van der Waals surface area contributed by atoms with Crippen LogP contribution in [0.3, 0.4) is 0 Å². The molecular formula is C9H8FN. The van der Waals surface area contributed by atoms with Crippen molar-refractivity contribution in [2.24, 2.45) is 5.73 Å². The molecule has 0 heterocycles. The van der Waals surface area contributed by atoms with Gasteiger partial charge in [-0.3, -0.25) is 0 Å². The van der Waals surface area contributed by atoms with Crippen molar-refractivity contribution in [3.05, 3.63) is 35.1 Å². The molecule has 0 atom stereocenters. The van der Waals surface area contributed by atoms with Gasteiger partial charge in [-0.15, -0.1) is 6.42 Å². The van der Waals surface area contributed by atoms with Gasteiger partial charge in [0.05, 0.1) is 0 Å². The highest BCUT2D eigenvalue weighted by Gasteiger charge is 1.98. The second-order valence-corrected chi connectivity index (χ2v) is 2.15. The van der Waals surface area contributed by atoms with Crippen LogP contribution in [0.2, 0.25) is 0 Å². The number of hydrogen-bond acceptors (Lipinski definition) is 1. The zero-order valence-corrected chi connectivity index (χ0v) is 5.97. The molecule has 0 aliphatic carbocycles. The minimum atomic E-state index is -0.300. The molecule has 1 rings (SSSR count). The molecule has 1 aromatic carbocycles. The summed E-state index contributed by atoms with van der Waals surface area (Å²) in [6.45, 7) is 0.182. The molecule has 0 aliphatic rings. The zero-order chi connectivity index (χ0) is 8.27. The second-order valence-electron chi connectivity index (χ2n) is 2.15. The van der Waals surface area contributed by atoms with Gasteiger partial charge in [-0.1, -0.05) is 5.92 Å². The molecular weight excluding hydrogens is 141 g/mol. The molecule has 0 saturated heterocycles. The van der Waals surface area contributed by atoms with Crippen molar-refractivity contribution in [2.75, 3.05) is 0 Å². The Morgan fingerprint density at radius 1 is 1.55 bits per heavy atom. The number of hydrogen-bond donors (Lipinski definition) is 1. The molecule has 0 spiro atoms. The minimum absolute atomic E-state index is 0.182. The summed E-state index contributed by atoms with van der Waals surface area (Å²) in [7, 11) is 0. The predicted octanol–water partition coefficient (Wildman–Crippen LogP) is 1.27. The molecule has 0 amide bonds. The average molecular weight is 149 g/mol. The van der Waals surface area contributed by atoms with Crippen molar-refractivity contribution in [1.82, 2.24) is 0 Å². The van der Waals surface area contributed by atoms with Crippen LogP contribution in [-0.4, -0.2) is 0 Å². The lowest BCUT2D eigenvalue weighted by atomic mass is 10.1. The first-order valence-electron chi connectivity index (χ1n) is 3.23. The summed E-state index contributed by atoms with van der Waals surface area (Å²) in [5.74, 6) is 2.11. The van der Waals surface area contributed by atoms with Crippen molar-refractivity contribution >= 4 is 0 Å². The second kappa shape index (κ2) is 3.18. The van der Waals surface area contributed by atoms with E-state index in [1.54, 1.807) is 12.1 Å². The third-order valence-electron chi connectivity index (χ3n) is 1.43. The lowest BCUT2D eigenvalue weighted by Crippen LogP contribution is -1.99. The van der Waals surface area contributed by atoms with Crippen LogP contribution in [0.4, 0.5) is 4.39 Å². The molecule has 1 nitrogen and oxygen atoms in total. The fourth-order valence-corrected chi connectivity index (χ4v) is 0.821. The largest absolute Gasteiger partial charge is 0.326 e. The molecule has 0 aliphatic heterocycles. The third kappa shape index (κ3) is 1.57. The van der Waals surface area contributed by atoms with E-state index in [4.69, 9.17) is 12.2 Å². The molecule has 1 aromatic rings. The fraction of sp³-hybridized carbons (Fsp3) is 0.111. The number of nitrogens with two attached hydrogens (primary N) is 1. The zero-order valence-electron chi connectivity index (χ0n) is 5.97. The van der Waals surface area contributed by atoms with Crippen molar-refractivity contribution < 1.29 is 4.39 Å². The van der Waals surface area contributed by atoms with Crippen LogP contribution >= 0.6 is 0 Å². The molecule has 0 saturated carbocycles. The predicted molar refractivity (Wildman–Crippen MR) is 42.2 cm³/mol. The standard InChI is InChI=1S/C9H8FN/c1-2-7-3-4-9(10)8(5-7)6-11/h1,3-5H,6,11H2. The summed E-state index contributed by atoms with van der Waals surface area (Å²) < 4.78 is 12.8. The first-order valence-corrected chi connectivity index (χ1v) is 3.23. The summed E-state index contributed by atoms with van der Waals surface area (Å²) in [4.78, 5) is 0. The van der Waals surface area contributed by atoms with Gasteiger partial charge in [0.1, 0.15) is 5.82 Å². The maximum atomic E-state index is 12.8. The summed E-state index contributed by atoms with van der Waals surface area (Å²) in [6.07, 6.45) is 5.11. The number of halogens is 1. The third-order valence-corrected chi connectivity index (χ3v) is 1.43. The number of benzene rings is 1. The van der Waals surface area contributed by atoms with Crippen LogP contribution in [-0.2, 0) is 6.54 Å². The molecule has 11 heavy (non-hydrogen) atoms. The van der Waals surface area contributed by atoms with Crippen LogP contribution in [0.5, 0.6) is 0 Å². The van der Waals surface area contributed by atoms with Gasteiger partial charge in [0, 0.05) is 17.7 Å². The summed E-state index contributed by atoms with van der Waals surface area (Å²) in [5, 5.41) is 0. The van der Waals surface area contributed by atoms with E-state index in [9.17, 15) is 4.39 Å². The van der Waals surface area contributed by atoms with Crippen LogP contribution in [0, 0.1) is 18.2 Å². The molecule has 0 aromatic heterocycles. The van der Waals surface area contributed by atoms with Gasteiger partial charge < -0.3 is 5.73 Å². The van der Waals surface area contributed by atoms with Crippen LogP contribution in [0.1, 0.15) is 11.1 Å². The van der Waals surface area contributed by atoms with Crippen LogP contribution in [0.25, 0.3) is 0 Å². The van der Waals surface area contributed by atoms with Crippen molar-refractivity contribution in [1.29, 1.82) is 0 Å². The monoisotopic (exact) mass is 149 g/mol. The first-order chi connectivity index (χ1) is 5.27. The fourth-order valence-electron chi connectivity index (χ4n) is 0.821. The van der Waals surface area contributed by atoms with E-state index in [0.717, 1.165) is 0 Å². The Bertz CT molecular complexity index is 299. The van der Waals surface area contributed by atoms with Gasteiger partial charge in [-0.05, 0) is 18.2 Å². The van der Waals surface area contributed by atoms with Gasteiger partial charge in [-0.2, -0.15) is 0 Å². The van der Waals surface area contributed by atoms with E-state index in [1.165, 1.54) is 6.07 Å². The Kier molecular flexibility index (Phi) is 2.25. The molecule has 0 fully saturated rings. The average Bonchev–Trinajstić information content (AvgIpc) is 2.05. The van der Waals surface area contributed by atoms with E-state index in [1.807, 2.05) is 0 Å². The maximum Gasteiger partial charge on any atom is 0.127 e. The highest BCUT2D eigenvalue weighted by molar-refractivity contribution is 5.35. The summed E-state index contributed by atoms with van der Waals surface area (Å²) in [6, 6.07) is 4.46. The van der Waals surface area contributed by atoms with Gasteiger partial charge in [0.25, 0.3) is 0 Å². The lowest BCUT2D eigenvalue weighted by molar-refractivity contribution is 0.610. The Balaban J connectivity index is 3.15. The Morgan fingerprint density at radius 2 is 2.27 bits per heavy atom. The maximum absolute atomic E-state index is 12.8. The van der Waals surface area contributed by atoms with Gasteiger partial charge in [0.15, 0.2) is 0 Å². The Hall–Kier alpha value is -1.33. The van der Waals surface area contributed by atoms with Gasteiger partial charge in [0.2, 0.25) is 0 Å². The molecule has 56 valence electrons. The molecule has 2 N–H and O–H groups in total. The van der Waals surface area contributed by atoms with Crippen LogP contribution < -0.4 is 5.73 Å². The first kappa shape index (κ1) is 7.77. The highest BCUT2D eigenvalue weighted by Crippen LogP contribution is 2.08. The van der Waals surface area contributed by atoms with Gasteiger partial charge >= 0.3 is 0 Å². The highest BCUT2D eigenvalue weighted by atomic mass is 19.1. The van der Waals surface area contributed by atoms with E-state index in [2.05, 4.69) is 5.92 Å². The van der Waals surface area contributed by atoms with Crippen molar-refractivity contribution in [2.45, 2.75) is 6.54 Å².